The fraction of sp³-hybridized carbons (Fsp3) is 0.480. The van der Waals surface area contributed by atoms with E-state index in [9.17, 15) is 28.0 Å². The summed E-state index contributed by atoms with van der Waals surface area (Å²) in [6.45, 7) is 5.28. The number of nitriles is 1. The number of piperidine rings is 1. The van der Waals surface area contributed by atoms with Crippen molar-refractivity contribution in [2.75, 3.05) is 26.7 Å². The number of benzene rings is 1. The molecule has 0 bridgehead atoms. The highest BCUT2D eigenvalue weighted by Crippen LogP contribution is 2.42. The van der Waals surface area contributed by atoms with Crippen molar-refractivity contribution in [2.24, 2.45) is 0 Å². The number of ether oxygens (including phenoxy) is 1. The molecule has 7 nitrogen and oxygen atoms in total. The fourth-order valence-corrected chi connectivity index (χ4v) is 5.13. The van der Waals surface area contributed by atoms with E-state index in [-0.39, 0.29) is 23.3 Å². The van der Waals surface area contributed by atoms with E-state index in [4.69, 9.17) is 4.74 Å². The van der Waals surface area contributed by atoms with Gasteiger partial charge >= 0.3 is 6.18 Å². The lowest BCUT2D eigenvalue weighted by Gasteiger charge is -2.50. The molecule has 0 atom stereocenters. The first kappa shape index (κ1) is 24.8. The number of hydrogen-bond acceptors (Lipinski definition) is 5. The van der Waals surface area contributed by atoms with Gasteiger partial charge in [0.15, 0.2) is 0 Å². The molecule has 35 heavy (non-hydrogen) atoms. The van der Waals surface area contributed by atoms with Crippen LogP contribution in [-0.2, 0) is 12.1 Å². The van der Waals surface area contributed by atoms with Gasteiger partial charge in [0.25, 0.3) is 11.7 Å². The topological polar surface area (TPSA) is 78.6 Å². The molecule has 1 saturated heterocycles. The lowest BCUT2D eigenvalue weighted by molar-refractivity contribution is -0.0892. The van der Waals surface area contributed by atoms with Crippen LogP contribution in [0.15, 0.2) is 30.3 Å². The lowest BCUT2D eigenvalue weighted by Crippen LogP contribution is -2.56. The minimum absolute atomic E-state index is 0.111. The van der Waals surface area contributed by atoms with Crippen molar-refractivity contribution in [3.8, 4) is 11.8 Å². The monoisotopic (exact) mass is 488 g/mol. The lowest BCUT2D eigenvalue weighted by atomic mass is 9.81. The number of alkyl halides is 3. The summed E-state index contributed by atoms with van der Waals surface area (Å²) in [4.78, 5) is 28.9. The zero-order valence-corrected chi connectivity index (χ0v) is 19.9. The van der Waals surface area contributed by atoms with E-state index in [0.29, 0.717) is 56.0 Å². The molecule has 0 radical (unpaired) electrons. The van der Waals surface area contributed by atoms with Gasteiger partial charge in [-0.2, -0.15) is 18.4 Å². The largest absolute Gasteiger partial charge is 0.490 e. The predicted octanol–water partition coefficient (Wildman–Crippen LogP) is 3.97. The fourth-order valence-electron chi connectivity index (χ4n) is 5.13. The molecule has 1 aromatic heterocycles. The molecule has 3 heterocycles. The second-order valence-corrected chi connectivity index (χ2v) is 9.32. The van der Waals surface area contributed by atoms with Crippen LogP contribution in [0.2, 0.25) is 0 Å². The summed E-state index contributed by atoms with van der Waals surface area (Å²) >= 11 is 0. The number of Topliss-reactive ketones (excluding diaryl/α,β-unsaturated/α-hetero) is 1. The predicted molar refractivity (Wildman–Crippen MR) is 121 cm³/mol. The second kappa shape index (κ2) is 9.04. The van der Waals surface area contributed by atoms with Gasteiger partial charge in [0.1, 0.15) is 11.8 Å². The van der Waals surface area contributed by atoms with Gasteiger partial charge in [-0.05, 0) is 64.1 Å². The van der Waals surface area contributed by atoms with Crippen LogP contribution in [0.25, 0.3) is 0 Å². The van der Waals surface area contributed by atoms with Crippen LogP contribution in [0.3, 0.4) is 0 Å². The number of halogens is 3. The molecule has 186 valence electrons. The molecule has 1 spiro atoms. The first-order chi connectivity index (χ1) is 16.5. The normalized spacial score (nSPS) is 17.8. The molecule has 1 aromatic carbocycles. The number of amides is 1. The Labute approximate surface area is 201 Å². The third-order valence-corrected chi connectivity index (χ3v) is 6.92. The Bertz CT molecular complexity index is 1190. The summed E-state index contributed by atoms with van der Waals surface area (Å²) in [7, 11) is 1.92. The number of aromatic nitrogens is 1. The van der Waals surface area contributed by atoms with Crippen LogP contribution in [0.5, 0.6) is 5.75 Å². The van der Waals surface area contributed by atoms with Gasteiger partial charge in [0.05, 0.1) is 22.9 Å². The van der Waals surface area contributed by atoms with E-state index in [1.807, 2.05) is 20.9 Å². The van der Waals surface area contributed by atoms with Crippen molar-refractivity contribution in [3.63, 3.8) is 0 Å². The van der Waals surface area contributed by atoms with Crippen molar-refractivity contribution in [3.05, 3.63) is 52.8 Å². The average Bonchev–Trinajstić information content (AvgIpc) is 3.25. The maximum atomic E-state index is 13.2. The van der Waals surface area contributed by atoms with E-state index in [1.54, 1.807) is 23.1 Å². The first-order valence-corrected chi connectivity index (χ1v) is 11.5. The zero-order chi connectivity index (χ0) is 25.5. The molecular formula is C25H27F3N4O3. The van der Waals surface area contributed by atoms with Gasteiger partial charge in [0.2, 0.25) is 0 Å². The second-order valence-electron chi connectivity index (χ2n) is 9.32. The van der Waals surface area contributed by atoms with E-state index in [1.165, 1.54) is 16.7 Å². The third-order valence-electron chi connectivity index (χ3n) is 6.92. The van der Waals surface area contributed by atoms with Crippen LogP contribution in [-0.4, -0.2) is 65.0 Å². The minimum atomic E-state index is -4.93. The van der Waals surface area contributed by atoms with E-state index in [0.717, 1.165) is 0 Å². The maximum absolute atomic E-state index is 13.2. The Balaban J connectivity index is 1.55. The van der Waals surface area contributed by atoms with Crippen LogP contribution >= 0.6 is 0 Å². The molecule has 0 aliphatic carbocycles. The molecule has 2 aliphatic rings. The summed E-state index contributed by atoms with van der Waals surface area (Å²) in [5.74, 6) is -1.63. The van der Waals surface area contributed by atoms with Crippen molar-refractivity contribution in [1.82, 2.24) is 14.4 Å². The Morgan fingerprint density at radius 1 is 1.09 bits per heavy atom. The van der Waals surface area contributed by atoms with E-state index in [2.05, 4.69) is 11.0 Å². The quantitative estimate of drug-likeness (QED) is 0.609. The molecule has 10 heteroatoms. The smallest absolute Gasteiger partial charge is 0.456 e. The number of fused-ring (bicyclic) bond motifs is 2. The number of nitrogens with zero attached hydrogens (tertiary/aromatic N) is 4. The van der Waals surface area contributed by atoms with Crippen LogP contribution in [0, 0.1) is 11.3 Å². The highest BCUT2D eigenvalue weighted by molar-refractivity contribution is 5.99. The average molecular weight is 489 g/mol. The van der Waals surface area contributed by atoms with Crippen molar-refractivity contribution in [2.45, 2.75) is 51.1 Å². The minimum Gasteiger partial charge on any atom is -0.490 e. The van der Waals surface area contributed by atoms with Gasteiger partial charge in [-0.15, -0.1) is 0 Å². The first-order valence-electron chi connectivity index (χ1n) is 11.5. The SMILES string of the molecule is CC(C)Oc1ccc(C(=O)N2CCC3(CC2)c2ccc(C(=O)C(F)(F)F)n2CCN3C)cc1C#N. The molecule has 1 fully saturated rings. The number of carbonyl (C=O) groups excluding carboxylic acids is 2. The standard InChI is InChI=1S/C25H27F3N4O3/c1-16(2)35-20-6-4-17(14-18(20)15-29)23(34)31-10-8-24(9-11-31)21-7-5-19(22(33)25(26,27)28)32(21)13-12-30(24)3/h4-7,14,16H,8-13H2,1-3H3. The van der Waals surface area contributed by atoms with Gasteiger partial charge in [0, 0.05) is 37.4 Å². The van der Waals surface area contributed by atoms with Crippen LogP contribution in [0.1, 0.15) is 58.8 Å². The maximum Gasteiger partial charge on any atom is 0.456 e. The Morgan fingerprint density at radius 2 is 1.77 bits per heavy atom. The molecule has 0 saturated carbocycles. The number of likely N-dealkylation sites (tertiary alicyclic amines) is 1. The molecule has 0 N–H and O–H groups in total. The van der Waals surface area contributed by atoms with Gasteiger partial charge in [-0.1, -0.05) is 0 Å². The van der Waals surface area contributed by atoms with Gasteiger partial charge in [-0.25, -0.2) is 0 Å². The highest BCUT2D eigenvalue weighted by atomic mass is 19.4. The molecular weight excluding hydrogens is 461 g/mol. The van der Waals surface area contributed by atoms with Crippen molar-refractivity contribution >= 4 is 11.7 Å². The molecule has 0 unspecified atom stereocenters. The Kier molecular flexibility index (Phi) is 6.40. The molecule has 1 amide bonds. The number of likely N-dealkylation sites (N-methyl/N-ethyl adjacent to an activating group) is 1. The van der Waals surface area contributed by atoms with E-state index < -0.39 is 17.5 Å². The summed E-state index contributed by atoms with van der Waals surface area (Å²) in [5, 5.41) is 9.47. The molecule has 4 rings (SSSR count). The van der Waals surface area contributed by atoms with Crippen molar-refractivity contribution < 1.29 is 27.5 Å². The van der Waals surface area contributed by atoms with Crippen LogP contribution < -0.4 is 4.74 Å². The zero-order valence-electron chi connectivity index (χ0n) is 19.9. The highest BCUT2D eigenvalue weighted by Gasteiger charge is 2.47. The summed E-state index contributed by atoms with van der Waals surface area (Å²) < 4.78 is 46.4. The number of ketones is 1. The van der Waals surface area contributed by atoms with Crippen LogP contribution in [0.4, 0.5) is 13.2 Å². The summed E-state index contributed by atoms with van der Waals surface area (Å²) in [5.41, 5.74) is 0.433. The van der Waals surface area contributed by atoms with Gasteiger partial charge in [-0.3, -0.25) is 14.5 Å². The Hall–Kier alpha value is -3.32. The summed E-state index contributed by atoms with van der Waals surface area (Å²) in [6, 6.07) is 9.72. The number of rotatable bonds is 4. The molecule has 2 aliphatic heterocycles. The number of carbonyl (C=O) groups is 2. The summed E-state index contributed by atoms with van der Waals surface area (Å²) in [6.07, 6.45) is -4.02. The van der Waals surface area contributed by atoms with E-state index >= 15 is 0 Å². The van der Waals surface area contributed by atoms with Crippen molar-refractivity contribution in [1.29, 1.82) is 5.26 Å². The third kappa shape index (κ3) is 4.41. The van der Waals surface area contributed by atoms with Gasteiger partial charge < -0.3 is 14.2 Å². The molecule has 2 aromatic rings. The Morgan fingerprint density at radius 3 is 2.37 bits per heavy atom. The number of hydrogen-bond donors (Lipinski definition) is 0.